The Morgan fingerprint density at radius 1 is 1.53 bits per heavy atom. The number of hydrogen-bond donors (Lipinski definition) is 1. The molecule has 0 spiro atoms. The molecule has 0 atom stereocenters. The average molecular weight is 301 g/mol. The van der Waals surface area contributed by atoms with Crippen molar-refractivity contribution in [1.82, 2.24) is 4.90 Å². The molecule has 17 heavy (non-hydrogen) atoms. The fourth-order valence-corrected chi connectivity index (χ4v) is 1.70. The maximum Gasteiger partial charge on any atom is 0.260 e. The number of anilines is 1. The highest BCUT2D eigenvalue weighted by Crippen LogP contribution is 2.30. The summed E-state index contributed by atoms with van der Waals surface area (Å²) in [5.41, 5.74) is 6.28. The van der Waals surface area contributed by atoms with E-state index in [1.165, 1.54) is 0 Å². The first-order chi connectivity index (χ1) is 7.93. The van der Waals surface area contributed by atoms with E-state index >= 15 is 0 Å². The van der Waals surface area contributed by atoms with Crippen LogP contribution >= 0.6 is 15.9 Å². The Morgan fingerprint density at radius 3 is 2.71 bits per heavy atom. The lowest BCUT2D eigenvalue weighted by Crippen LogP contribution is -2.36. The van der Waals surface area contributed by atoms with E-state index in [1.807, 2.05) is 26.0 Å². The van der Waals surface area contributed by atoms with E-state index in [0.29, 0.717) is 11.4 Å². The first kappa shape index (κ1) is 13.8. The molecular formula is C12H17BrN2O2. The van der Waals surface area contributed by atoms with E-state index in [1.54, 1.807) is 18.0 Å². The number of amides is 1. The lowest BCUT2D eigenvalue weighted by molar-refractivity contribution is -0.133. The van der Waals surface area contributed by atoms with Gasteiger partial charge in [-0.3, -0.25) is 4.79 Å². The van der Waals surface area contributed by atoms with Gasteiger partial charge in [0.2, 0.25) is 0 Å². The van der Waals surface area contributed by atoms with Gasteiger partial charge in [0, 0.05) is 13.1 Å². The van der Waals surface area contributed by atoms with Gasteiger partial charge < -0.3 is 15.4 Å². The van der Waals surface area contributed by atoms with Gasteiger partial charge in [0.1, 0.15) is 0 Å². The number of likely N-dealkylation sites (N-methyl/N-ethyl adjacent to an activating group) is 1. The third kappa shape index (κ3) is 3.63. The molecule has 1 aromatic carbocycles. The molecule has 1 aromatic rings. The number of hydrogen-bond acceptors (Lipinski definition) is 3. The first-order valence-electron chi connectivity index (χ1n) is 5.36. The Morgan fingerprint density at radius 2 is 2.18 bits per heavy atom. The third-order valence-corrected chi connectivity index (χ3v) is 3.13. The first-order valence-corrected chi connectivity index (χ1v) is 6.15. The van der Waals surface area contributed by atoms with Crippen molar-refractivity contribution in [3.05, 3.63) is 22.7 Å². The Hall–Kier alpha value is -1.23. The number of ether oxygens (including phenoxy) is 1. The van der Waals surface area contributed by atoms with Gasteiger partial charge in [0.25, 0.3) is 5.91 Å². The molecule has 0 heterocycles. The largest absolute Gasteiger partial charge is 0.480 e. The molecular weight excluding hydrogens is 284 g/mol. The molecule has 5 heteroatoms. The van der Waals surface area contributed by atoms with E-state index in [-0.39, 0.29) is 18.6 Å². The number of nitrogen functional groups attached to an aromatic ring is 1. The van der Waals surface area contributed by atoms with E-state index in [2.05, 4.69) is 15.9 Å². The van der Waals surface area contributed by atoms with Crippen molar-refractivity contribution < 1.29 is 9.53 Å². The Kier molecular flexibility index (Phi) is 4.81. The van der Waals surface area contributed by atoms with Crippen molar-refractivity contribution in [3.63, 3.8) is 0 Å². The van der Waals surface area contributed by atoms with Crippen LogP contribution in [0.25, 0.3) is 0 Å². The van der Waals surface area contributed by atoms with Crippen molar-refractivity contribution in [2.75, 3.05) is 19.4 Å². The summed E-state index contributed by atoms with van der Waals surface area (Å²) in [5, 5.41) is 0. The Balaban J connectivity index is 2.65. The van der Waals surface area contributed by atoms with E-state index in [4.69, 9.17) is 10.5 Å². The van der Waals surface area contributed by atoms with Crippen LogP contribution in [0.3, 0.4) is 0 Å². The number of benzene rings is 1. The quantitative estimate of drug-likeness (QED) is 0.868. The Bertz CT molecular complexity index is 387. The molecule has 0 radical (unpaired) electrons. The van der Waals surface area contributed by atoms with E-state index in [9.17, 15) is 4.79 Å². The molecule has 1 rings (SSSR count). The highest BCUT2D eigenvalue weighted by Gasteiger charge is 2.14. The van der Waals surface area contributed by atoms with E-state index in [0.717, 1.165) is 4.47 Å². The molecule has 0 aromatic heterocycles. The van der Waals surface area contributed by atoms with Crippen molar-refractivity contribution >= 4 is 27.5 Å². The summed E-state index contributed by atoms with van der Waals surface area (Å²) in [7, 11) is 1.75. The summed E-state index contributed by atoms with van der Waals surface area (Å²) < 4.78 is 6.19. The van der Waals surface area contributed by atoms with Crippen LogP contribution in [0.4, 0.5) is 5.69 Å². The van der Waals surface area contributed by atoms with Crippen LogP contribution in [0.2, 0.25) is 0 Å². The molecule has 0 fully saturated rings. The lowest BCUT2D eigenvalue weighted by atomic mass is 10.3. The van der Waals surface area contributed by atoms with Crippen molar-refractivity contribution in [2.45, 2.75) is 19.9 Å². The second-order valence-corrected chi connectivity index (χ2v) is 4.90. The predicted molar refractivity (Wildman–Crippen MR) is 72.0 cm³/mol. The summed E-state index contributed by atoms with van der Waals surface area (Å²) in [4.78, 5) is 13.4. The zero-order valence-corrected chi connectivity index (χ0v) is 11.8. The molecule has 2 N–H and O–H groups in total. The molecule has 0 aliphatic heterocycles. The highest BCUT2D eigenvalue weighted by atomic mass is 79.9. The van der Waals surface area contributed by atoms with Gasteiger partial charge in [-0.1, -0.05) is 6.07 Å². The number of nitrogens with two attached hydrogens (primary N) is 1. The van der Waals surface area contributed by atoms with Crippen molar-refractivity contribution in [2.24, 2.45) is 0 Å². The zero-order chi connectivity index (χ0) is 13.0. The smallest absolute Gasteiger partial charge is 0.260 e. The molecule has 0 unspecified atom stereocenters. The fourth-order valence-electron chi connectivity index (χ4n) is 1.20. The maximum absolute atomic E-state index is 11.7. The molecule has 0 bridgehead atoms. The zero-order valence-electron chi connectivity index (χ0n) is 10.2. The van der Waals surface area contributed by atoms with Gasteiger partial charge in [-0.25, -0.2) is 0 Å². The SMILES string of the molecule is CC(C)N(C)C(=O)COc1c(N)cccc1Br. The standard InChI is InChI=1S/C12H17BrN2O2/c1-8(2)15(3)11(16)7-17-12-9(13)5-4-6-10(12)14/h4-6,8H,7,14H2,1-3H3. The van der Waals surface area contributed by atoms with Crippen LogP contribution in [0, 0.1) is 0 Å². The summed E-state index contributed by atoms with van der Waals surface area (Å²) in [6, 6.07) is 5.52. The monoisotopic (exact) mass is 300 g/mol. The summed E-state index contributed by atoms with van der Waals surface area (Å²) >= 11 is 3.33. The number of halogens is 1. The average Bonchev–Trinajstić information content (AvgIpc) is 2.26. The minimum Gasteiger partial charge on any atom is -0.480 e. The molecule has 0 saturated heterocycles. The number of carbonyl (C=O) groups excluding carboxylic acids is 1. The van der Waals surface area contributed by atoms with Gasteiger partial charge in [-0.2, -0.15) is 0 Å². The molecule has 1 amide bonds. The minimum atomic E-state index is -0.0739. The highest BCUT2D eigenvalue weighted by molar-refractivity contribution is 9.10. The summed E-state index contributed by atoms with van der Waals surface area (Å²) in [5.74, 6) is 0.438. The van der Waals surface area contributed by atoms with Crippen molar-refractivity contribution in [3.8, 4) is 5.75 Å². The number of rotatable bonds is 4. The van der Waals surface area contributed by atoms with Gasteiger partial charge in [-0.05, 0) is 41.9 Å². The normalized spacial score (nSPS) is 10.4. The van der Waals surface area contributed by atoms with Crippen LogP contribution in [-0.2, 0) is 4.79 Å². The van der Waals surface area contributed by atoms with Gasteiger partial charge in [-0.15, -0.1) is 0 Å². The second-order valence-electron chi connectivity index (χ2n) is 4.05. The second kappa shape index (κ2) is 5.91. The topological polar surface area (TPSA) is 55.6 Å². The van der Waals surface area contributed by atoms with Gasteiger partial charge in [0.05, 0.1) is 10.2 Å². The van der Waals surface area contributed by atoms with Gasteiger partial charge >= 0.3 is 0 Å². The molecule has 0 saturated carbocycles. The lowest BCUT2D eigenvalue weighted by Gasteiger charge is -2.21. The fraction of sp³-hybridized carbons (Fsp3) is 0.417. The molecule has 0 aliphatic carbocycles. The summed E-state index contributed by atoms with van der Waals surface area (Å²) in [6.45, 7) is 3.89. The number of para-hydroxylation sites is 1. The maximum atomic E-state index is 11.7. The van der Waals surface area contributed by atoms with Crippen LogP contribution in [-0.4, -0.2) is 30.5 Å². The van der Waals surface area contributed by atoms with Crippen LogP contribution in [0.1, 0.15) is 13.8 Å². The van der Waals surface area contributed by atoms with Crippen molar-refractivity contribution in [1.29, 1.82) is 0 Å². The van der Waals surface area contributed by atoms with Crippen LogP contribution < -0.4 is 10.5 Å². The minimum absolute atomic E-state index is 0.0124. The molecule has 4 nitrogen and oxygen atoms in total. The van der Waals surface area contributed by atoms with Crippen LogP contribution in [0.15, 0.2) is 22.7 Å². The molecule has 94 valence electrons. The number of carbonyl (C=O) groups is 1. The third-order valence-electron chi connectivity index (χ3n) is 2.51. The number of nitrogens with zero attached hydrogens (tertiary/aromatic N) is 1. The molecule has 0 aliphatic rings. The summed E-state index contributed by atoms with van der Waals surface area (Å²) in [6.07, 6.45) is 0. The van der Waals surface area contributed by atoms with Crippen LogP contribution in [0.5, 0.6) is 5.75 Å². The van der Waals surface area contributed by atoms with E-state index < -0.39 is 0 Å². The Labute approximate surface area is 110 Å². The predicted octanol–water partition coefficient (Wildman–Crippen LogP) is 2.28. The van der Waals surface area contributed by atoms with Gasteiger partial charge in [0.15, 0.2) is 12.4 Å².